The molecule has 0 saturated carbocycles. The van der Waals surface area contributed by atoms with Crippen LogP contribution in [0.25, 0.3) is 0 Å². The second-order valence-corrected chi connectivity index (χ2v) is 7.13. The molecule has 1 aromatic heterocycles. The van der Waals surface area contributed by atoms with Crippen LogP contribution in [0.4, 0.5) is 0 Å². The van der Waals surface area contributed by atoms with Crippen molar-refractivity contribution in [2.75, 3.05) is 0 Å². The van der Waals surface area contributed by atoms with Crippen molar-refractivity contribution < 1.29 is 14.6 Å². The normalized spacial score (nSPS) is 11.8. The molecule has 150 valence electrons. The number of carbonyl (C=O) groups is 1. The lowest BCUT2D eigenvalue weighted by Crippen LogP contribution is -2.38. The fourth-order valence-corrected chi connectivity index (χ4v) is 3.34. The smallest absolute Gasteiger partial charge is 0.321 e. The van der Waals surface area contributed by atoms with Crippen LogP contribution in [0.3, 0.4) is 0 Å². The number of aromatic nitrogens is 1. The van der Waals surface area contributed by atoms with Crippen molar-refractivity contribution in [2.45, 2.75) is 39.5 Å². The molecule has 3 aromatic rings. The van der Waals surface area contributed by atoms with Gasteiger partial charge in [-0.1, -0.05) is 48.5 Å². The molecule has 0 fully saturated rings. The van der Waals surface area contributed by atoms with E-state index in [0.29, 0.717) is 19.6 Å². The molecule has 5 heteroatoms. The van der Waals surface area contributed by atoms with Crippen LogP contribution in [-0.4, -0.2) is 22.1 Å². The van der Waals surface area contributed by atoms with Gasteiger partial charge in [-0.3, -0.25) is 9.78 Å². The minimum Gasteiger partial charge on any atom is -0.487 e. The second-order valence-electron chi connectivity index (χ2n) is 7.13. The van der Waals surface area contributed by atoms with Gasteiger partial charge in [-0.05, 0) is 54.7 Å². The van der Waals surface area contributed by atoms with Crippen LogP contribution < -0.4 is 10.1 Å². The highest BCUT2D eigenvalue weighted by Gasteiger charge is 2.17. The van der Waals surface area contributed by atoms with Crippen molar-refractivity contribution in [3.8, 4) is 5.75 Å². The summed E-state index contributed by atoms with van der Waals surface area (Å²) in [7, 11) is 0. The van der Waals surface area contributed by atoms with E-state index in [0.717, 1.165) is 33.7 Å². The Kier molecular flexibility index (Phi) is 6.98. The van der Waals surface area contributed by atoms with Gasteiger partial charge in [0.1, 0.15) is 18.4 Å². The van der Waals surface area contributed by atoms with E-state index in [4.69, 9.17) is 4.74 Å². The van der Waals surface area contributed by atoms with Crippen molar-refractivity contribution in [2.24, 2.45) is 0 Å². The molecule has 1 heterocycles. The highest BCUT2D eigenvalue weighted by atomic mass is 16.5. The molecule has 0 amide bonds. The first kappa shape index (κ1) is 20.6. The molecule has 0 saturated heterocycles. The molecule has 2 aromatic carbocycles. The Balaban J connectivity index is 1.64. The average Bonchev–Trinajstić information content (AvgIpc) is 2.72. The molecule has 0 radical (unpaired) electrons. The standard InChI is InChI=1S/C24H26N2O3/c1-17-12-20(13-18(2)23(17)29-16-21-10-6-7-11-25-21)15-26-22(24(27)28)14-19-8-4-3-5-9-19/h3-13,22,26H,14-16H2,1-2H3,(H,27,28)/t22-/m1/s1. The zero-order valence-electron chi connectivity index (χ0n) is 16.8. The molecular weight excluding hydrogens is 364 g/mol. The van der Waals surface area contributed by atoms with Crippen molar-refractivity contribution in [3.05, 3.63) is 94.8 Å². The minimum absolute atomic E-state index is 0.415. The number of hydrogen-bond acceptors (Lipinski definition) is 4. The highest BCUT2D eigenvalue weighted by Crippen LogP contribution is 2.25. The lowest BCUT2D eigenvalue weighted by molar-refractivity contribution is -0.139. The number of benzene rings is 2. The number of aliphatic carboxylic acids is 1. The number of nitrogens with zero attached hydrogens (tertiary/aromatic N) is 1. The van der Waals surface area contributed by atoms with E-state index in [2.05, 4.69) is 10.3 Å². The first-order chi connectivity index (χ1) is 14.0. The predicted octanol–water partition coefficient (Wildman–Crippen LogP) is 4.06. The number of aryl methyl sites for hydroxylation is 2. The van der Waals surface area contributed by atoms with Crippen LogP contribution >= 0.6 is 0 Å². The van der Waals surface area contributed by atoms with Crippen LogP contribution in [0.5, 0.6) is 5.75 Å². The summed E-state index contributed by atoms with van der Waals surface area (Å²) in [6, 6.07) is 18.8. The van der Waals surface area contributed by atoms with E-state index in [1.54, 1.807) is 6.20 Å². The van der Waals surface area contributed by atoms with Crippen LogP contribution in [0.15, 0.2) is 66.9 Å². The predicted molar refractivity (Wildman–Crippen MR) is 113 cm³/mol. The molecule has 29 heavy (non-hydrogen) atoms. The first-order valence-electron chi connectivity index (χ1n) is 9.66. The van der Waals surface area contributed by atoms with Gasteiger partial charge < -0.3 is 15.2 Å². The van der Waals surface area contributed by atoms with Crippen molar-refractivity contribution in [3.63, 3.8) is 0 Å². The topological polar surface area (TPSA) is 71.5 Å². The molecule has 0 bridgehead atoms. The fourth-order valence-electron chi connectivity index (χ4n) is 3.34. The Labute approximate surface area is 171 Å². The lowest BCUT2D eigenvalue weighted by Gasteiger charge is -2.17. The number of hydrogen-bond donors (Lipinski definition) is 2. The fraction of sp³-hybridized carbons (Fsp3) is 0.250. The van der Waals surface area contributed by atoms with Gasteiger partial charge in [0.25, 0.3) is 0 Å². The Hall–Kier alpha value is -3.18. The maximum absolute atomic E-state index is 11.6. The summed E-state index contributed by atoms with van der Waals surface area (Å²) in [5, 5.41) is 12.7. The number of pyridine rings is 1. The van der Waals surface area contributed by atoms with Gasteiger partial charge in [0.15, 0.2) is 0 Å². The van der Waals surface area contributed by atoms with E-state index in [1.165, 1.54) is 0 Å². The molecule has 0 aliphatic rings. The first-order valence-corrected chi connectivity index (χ1v) is 9.66. The van der Waals surface area contributed by atoms with E-state index in [9.17, 15) is 9.90 Å². The van der Waals surface area contributed by atoms with Crippen molar-refractivity contribution in [1.82, 2.24) is 10.3 Å². The summed E-state index contributed by atoms with van der Waals surface area (Å²) < 4.78 is 5.97. The molecule has 0 spiro atoms. The molecule has 3 rings (SSSR count). The summed E-state index contributed by atoms with van der Waals surface area (Å²) in [5.74, 6) is -0.00363. The number of nitrogens with one attached hydrogen (secondary N) is 1. The molecule has 0 aliphatic carbocycles. The van der Waals surface area contributed by atoms with Crippen LogP contribution in [0, 0.1) is 13.8 Å². The van der Waals surface area contributed by atoms with Gasteiger partial charge in [-0.15, -0.1) is 0 Å². The van der Waals surface area contributed by atoms with Gasteiger partial charge in [-0.25, -0.2) is 0 Å². The summed E-state index contributed by atoms with van der Waals surface area (Å²) >= 11 is 0. The Bertz CT molecular complexity index is 920. The molecule has 1 atom stereocenters. The van der Waals surface area contributed by atoms with E-state index in [-0.39, 0.29) is 0 Å². The highest BCUT2D eigenvalue weighted by molar-refractivity contribution is 5.73. The second kappa shape index (κ2) is 9.85. The monoisotopic (exact) mass is 390 g/mol. The maximum atomic E-state index is 11.6. The van der Waals surface area contributed by atoms with Gasteiger partial charge >= 0.3 is 5.97 Å². The zero-order chi connectivity index (χ0) is 20.6. The van der Waals surface area contributed by atoms with Crippen LogP contribution in [0.2, 0.25) is 0 Å². The summed E-state index contributed by atoms with van der Waals surface area (Å²) in [6.45, 7) is 4.90. The van der Waals surface area contributed by atoms with Crippen molar-refractivity contribution in [1.29, 1.82) is 0 Å². The third-order valence-electron chi connectivity index (χ3n) is 4.74. The Morgan fingerprint density at radius 1 is 1.03 bits per heavy atom. The quantitative estimate of drug-likeness (QED) is 0.576. The lowest BCUT2D eigenvalue weighted by atomic mass is 10.0. The third kappa shape index (κ3) is 5.90. The average molecular weight is 390 g/mol. The summed E-state index contributed by atoms with van der Waals surface area (Å²) in [5.41, 5.74) is 4.95. The molecular formula is C24H26N2O3. The van der Waals surface area contributed by atoms with Gasteiger partial charge in [0.2, 0.25) is 0 Å². The number of carboxylic acid groups (broad SMARTS) is 1. The van der Waals surface area contributed by atoms with Gasteiger partial charge in [-0.2, -0.15) is 0 Å². The summed E-state index contributed by atoms with van der Waals surface area (Å²) in [6.07, 6.45) is 2.20. The largest absolute Gasteiger partial charge is 0.487 e. The third-order valence-corrected chi connectivity index (χ3v) is 4.74. The Morgan fingerprint density at radius 2 is 1.72 bits per heavy atom. The number of carboxylic acids is 1. The van der Waals surface area contributed by atoms with E-state index < -0.39 is 12.0 Å². The van der Waals surface area contributed by atoms with Crippen molar-refractivity contribution >= 4 is 5.97 Å². The molecule has 0 aliphatic heterocycles. The van der Waals surface area contributed by atoms with Gasteiger partial charge in [0.05, 0.1) is 5.69 Å². The maximum Gasteiger partial charge on any atom is 0.321 e. The van der Waals surface area contributed by atoms with Gasteiger partial charge in [0, 0.05) is 12.7 Å². The molecule has 2 N–H and O–H groups in total. The Morgan fingerprint density at radius 3 is 2.34 bits per heavy atom. The van der Waals surface area contributed by atoms with Crippen LogP contribution in [-0.2, 0) is 24.4 Å². The number of ether oxygens (including phenoxy) is 1. The molecule has 5 nitrogen and oxygen atoms in total. The van der Waals surface area contributed by atoms with E-state index in [1.807, 2.05) is 74.5 Å². The zero-order valence-corrected chi connectivity index (χ0v) is 16.8. The minimum atomic E-state index is -0.849. The number of rotatable bonds is 9. The SMILES string of the molecule is Cc1cc(CN[C@H](Cc2ccccc2)C(=O)O)cc(C)c1OCc1ccccn1. The van der Waals surface area contributed by atoms with Crippen LogP contribution in [0.1, 0.15) is 27.9 Å². The molecule has 0 unspecified atom stereocenters. The van der Waals surface area contributed by atoms with E-state index >= 15 is 0 Å². The summed E-state index contributed by atoms with van der Waals surface area (Å²) in [4.78, 5) is 15.9.